The second kappa shape index (κ2) is 7.16. The number of hydrogen-bond acceptors (Lipinski definition) is 3. The minimum absolute atomic E-state index is 0.116. The standard InChI is InChI=1S/C23H34O3/c1-23-11-10-18-17-7-6-16(24)14-19(17)15(5-3-4-12-26-2)13-20(18)21(23)8-9-22(23)25/h6-7,14-15,18,20-22,24-25H,3-5,8-13H2,1-2H3/t15-,18-,20-,21+,22?,23+/m1/s1. The molecule has 0 aliphatic heterocycles. The van der Waals surface area contributed by atoms with Crippen LogP contribution in [0, 0.1) is 17.3 Å². The number of aliphatic hydroxyl groups excluding tert-OH is 1. The van der Waals surface area contributed by atoms with E-state index in [4.69, 9.17) is 4.74 Å². The van der Waals surface area contributed by atoms with Crippen LogP contribution in [-0.2, 0) is 4.74 Å². The van der Waals surface area contributed by atoms with E-state index in [-0.39, 0.29) is 11.5 Å². The lowest BCUT2D eigenvalue weighted by Gasteiger charge is -2.51. The minimum Gasteiger partial charge on any atom is -0.508 e. The molecule has 0 heterocycles. The first-order valence-corrected chi connectivity index (χ1v) is 10.5. The van der Waals surface area contributed by atoms with Crippen LogP contribution < -0.4 is 0 Å². The number of aliphatic hydroxyl groups is 1. The number of benzene rings is 1. The Morgan fingerprint density at radius 2 is 2.00 bits per heavy atom. The highest BCUT2D eigenvalue weighted by Crippen LogP contribution is 2.62. The molecule has 2 saturated carbocycles. The van der Waals surface area contributed by atoms with Gasteiger partial charge in [0.1, 0.15) is 5.75 Å². The van der Waals surface area contributed by atoms with Crippen LogP contribution in [0.5, 0.6) is 5.75 Å². The highest BCUT2D eigenvalue weighted by molar-refractivity contribution is 5.42. The van der Waals surface area contributed by atoms with Gasteiger partial charge in [0.25, 0.3) is 0 Å². The Kier molecular flexibility index (Phi) is 5.04. The van der Waals surface area contributed by atoms with Crippen molar-refractivity contribution in [1.82, 2.24) is 0 Å². The Morgan fingerprint density at radius 3 is 2.81 bits per heavy atom. The van der Waals surface area contributed by atoms with E-state index in [0.29, 0.717) is 29.4 Å². The van der Waals surface area contributed by atoms with Crippen molar-refractivity contribution in [2.24, 2.45) is 17.3 Å². The molecule has 3 nitrogen and oxygen atoms in total. The number of fused-ring (bicyclic) bond motifs is 5. The molecule has 0 aromatic heterocycles. The largest absolute Gasteiger partial charge is 0.508 e. The summed E-state index contributed by atoms with van der Waals surface area (Å²) >= 11 is 0. The van der Waals surface area contributed by atoms with Crippen LogP contribution in [0.2, 0.25) is 0 Å². The molecule has 0 spiro atoms. The molecular formula is C23H34O3. The highest BCUT2D eigenvalue weighted by atomic mass is 16.5. The van der Waals surface area contributed by atoms with Crippen LogP contribution in [-0.4, -0.2) is 30.0 Å². The summed E-state index contributed by atoms with van der Waals surface area (Å²) in [6.45, 7) is 3.17. The van der Waals surface area contributed by atoms with Crippen LogP contribution in [0.15, 0.2) is 18.2 Å². The maximum Gasteiger partial charge on any atom is 0.115 e. The molecule has 4 rings (SSSR count). The summed E-state index contributed by atoms with van der Waals surface area (Å²) < 4.78 is 5.22. The molecule has 1 aromatic carbocycles. The Bertz CT molecular complexity index is 642. The predicted molar refractivity (Wildman–Crippen MR) is 103 cm³/mol. The van der Waals surface area contributed by atoms with Gasteiger partial charge in [-0.2, -0.15) is 0 Å². The van der Waals surface area contributed by atoms with Crippen molar-refractivity contribution in [3.05, 3.63) is 29.3 Å². The molecule has 1 unspecified atom stereocenters. The molecule has 0 amide bonds. The van der Waals surface area contributed by atoms with Gasteiger partial charge < -0.3 is 14.9 Å². The first-order valence-electron chi connectivity index (χ1n) is 10.5. The summed E-state index contributed by atoms with van der Waals surface area (Å²) in [4.78, 5) is 0. The second-order valence-electron chi connectivity index (χ2n) is 9.25. The molecule has 0 saturated heterocycles. The molecule has 1 aromatic rings. The molecule has 0 radical (unpaired) electrons. The fourth-order valence-electron chi connectivity index (χ4n) is 6.59. The molecule has 26 heavy (non-hydrogen) atoms. The third-order valence-corrected chi connectivity index (χ3v) is 8.00. The topological polar surface area (TPSA) is 49.7 Å². The number of phenols is 1. The molecule has 3 heteroatoms. The number of phenolic OH excluding ortho intramolecular Hbond substituents is 1. The van der Waals surface area contributed by atoms with Gasteiger partial charge >= 0.3 is 0 Å². The molecule has 144 valence electrons. The lowest BCUT2D eigenvalue weighted by atomic mass is 9.53. The van der Waals surface area contributed by atoms with Crippen LogP contribution in [0.3, 0.4) is 0 Å². The maximum atomic E-state index is 10.6. The van der Waals surface area contributed by atoms with Crippen molar-refractivity contribution in [2.45, 2.75) is 76.2 Å². The molecular weight excluding hydrogens is 324 g/mol. The summed E-state index contributed by atoms with van der Waals surface area (Å²) in [7, 11) is 1.77. The summed E-state index contributed by atoms with van der Waals surface area (Å²) in [6, 6.07) is 6.10. The van der Waals surface area contributed by atoms with Crippen molar-refractivity contribution in [1.29, 1.82) is 0 Å². The second-order valence-corrected chi connectivity index (χ2v) is 9.25. The number of hydrogen-bond donors (Lipinski definition) is 2. The van der Waals surface area contributed by atoms with Crippen LogP contribution in [0.4, 0.5) is 0 Å². The summed E-state index contributed by atoms with van der Waals surface area (Å²) in [5.74, 6) is 2.90. The van der Waals surface area contributed by atoms with Gasteiger partial charge in [-0.15, -0.1) is 0 Å². The summed E-state index contributed by atoms with van der Waals surface area (Å²) in [5.41, 5.74) is 3.00. The van der Waals surface area contributed by atoms with E-state index < -0.39 is 0 Å². The van der Waals surface area contributed by atoms with E-state index >= 15 is 0 Å². The number of aromatic hydroxyl groups is 1. The Labute approximate surface area is 157 Å². The van der Waals surface area contributed by atoms with Gasteiger partial charge in [0, 0.05) is 13.7 Å². The summed E-state index contributed by atoms with van der Waals surface area (Å²) in [5, 5.41) is 20.7. The lowest BCUT2D eigenvalue weighted by Crippen LogP contribution is -2.44. The van der Waals surface area contributed by atoms with E-state index in [2.05, 4.69) is 13.0 Å². The fraction of sp³-hybridized carbons (Fsp3) is 0.739. The van der Waals surface area contributed by atoms with Gasteiger partial charge in [0.05, 0.1) is 6.10 Å². The van der Waals surface area contributed by atoms with E-state index in [1.54, 1.807) is 7.11 Å². The zero-order valence-electron chi connectivity index (χ0n) is 16.3. The molecule has 2 fully saturated rings. The third-order valence-electron chi connectivity index (χ3n) is 8.00. The number of unbranched alkanes of at least 4 members (excludes halogenated alkanes) is 1. The average molecular weight is 359 g/mol. The van der Waals surface area contributed by atoms with E-state index in [0.717, 1.165) is 25.9 Å². The van der Waals surface area contributed by atoms with Crippen molar-refractivity contribution in [3.8, 4) is 5.75 Å². The first kappa shape index (κ1) is 18.3. The van der Waals surface area contributed by atoms with Crippen molar-refractivity contribution in [2.75, 3.05) is 13.7 Å². The Morgan fingerprint density at radius 1 is 1.15 bits per heavy atom. The quantitative estimate of drug-likeness (QED) is 0.731. The molecule has 0 bridgehead atoms. The van der Waals surface area contributed by atoms with Gasteiger partial charge in [-0.05, 0) is 97.3 Å². The normalized spacial score (nSPS) is 38.5. The monoisotopic (exact) mass is 358 g/mol. The average Bonchev–Trinajstić information content (AvgIpc) is 2.94. The minimum atomic E-state index is -0.116. The Hall–Kier alpha value is -1.06. The molecule has 6 atom stereocenters. The number of ether oxygens (including phenoxy) is 1. The zero-order chi connectivity index (χ0) is 18.3. The highest BCUT2D eigenvalue weighted by Gasteiger charge is 2.55. The van der Waals surface area contributed by atoms with Gasteiger partial charge in [0.2, 0.25) is 0 Å². The predicted octanol–water partition coefficient (Wildman–Crippen LogP) is 4.97. The van der Waals surface area contributed by atoms with Crippen molar-refractivity contribution in [3.63, 3.8) is 0 Å². The molecule has 3 aliphatic carbocycles. The fourth-order valence-corrected chi connectivity index (χ4v) is 6.59. The lowest BCUT2D eigenvalue weighted by molar-refractivity contribution is -0.0253. The Balaban J connectivity index is 1.62. The van der Waals surface area contributed by atoms with Gasteiger partial charge in [-0.3, -0.25) is 0 Å². The first-order chi connectivity index (χ1) is 12.5. The SMILES string of the molecule is COCCCC[C@@H]1C[C@@H]2[C@H](CC[C@]3(C)C(O)CC[C@@H]23)c2ccc(O)cc21. The molecule has 3 aliphatic rings. The van der Waals surface area contributed by atoms with E-state index in [1.807, 2.05) is 12.1 Å². The van der Waals surface area contributed by atoms with Crippen molar-refractivity contribution < 1.29 is 14.9 Å². The van der Waals surface area contributed by atoms with E-state index in [1.165, 1.54) is 43.2 Å². The molecule has 2 N–H and O–H groups in total. The smallest absolute Gasteiger partial charge is 0.115 e. The van der Waals surface area contributed by atoms with Crippen LogP contribution >= 0.6 is 0 Å². The number of methoxy groups -OCH3 is 1. The van der Waals surface area contributed by atoms with Gasteiger partial charge in [-0.1, -0.05) is 19.4 Å². The third kappa shape index (κ3) is 2.97. The maximum absolute atomic E-state index is 10.6. The summed E-state index contributed by atoms with van der Waals surface area (Å²) in [6.07, 6.45) is 9.05. The van der Waals surface area contributed by atoms with Crippen LogP contribution in [0.25, 0.3) is 0 Å². The van der Waals surface area contributed by atoms with E-state index in [9.17, 15) is 10.2 Å². The zero-order valence-corrected chi connectivity index (χ0v) is 16.3. The number of rotatable bonds is 5. The van der Waals surface area contributed by atoms with Gasteiger partial charge in [0.15, 0.2) is 0 Å². The van der Waals surface area contributed by atoms with Crippen LogP contribution in [0.1, 0.15) is 81.3 Å². The van der Waals surface area contributed by atoms with Crippen molar-refractivity contribution >= 4 is 0 Å². The van der Waals surface area contributed by atoms with Gasteiger partial charge in [-0.25, -0.2) is 0 Å².